The Labute approximate surface area is 135 Å². The quantitative estimate of drug-likeness (QED) is 0.936. The molecule has 0 aliphatic carbocycles. The van der Waals surface area contributed by atoms with Gasteiger partial charge in [-0.3, -0.25) is 4.79 Å². The number of nitrogens with zero attached hydrogens (tertiary/aromatic N) is 2. The predicted octanol–water partition coefficient (Wildman–Crippen LogP) is 3.83. The molecule has 1 atom stereocenters. The van der Waals surface area contributed by atoms with E-state index in [0.717, 1.165) is 18.9 Å². The van der Waals surface area contributed by atoms with Crippen molar-refractivity contribution < 1.29 is 4.79 Å². The van der Waals surface area contributed by atoms with Gasteiger partial charge in [0.05, 0.1) is 5.56 Å². The van der Waals surface area contributed by atoms with Gasteiger partial charge >= 0.3 is 0 Å². The number of carbonyl (C=O) groups is 1. The van der Waals surface area contributed by atoms with Crippen LogP contribution in [0, 0.1) is 5.92 Å². The Morgan fingerprint density at radius 2 is 2.23 bits per heavy atom. The van der Waals surface area contributed by atoms with E-state index in [0.29, 0.717) is 22.2 Å². The van der Waals surface area contributed by atoms with Crippen LogP contribution in [-0.4, -0.2) is 24.0 Å². The average Bonchev–Trinajstić information content (AvgIpc) is 2.94. The first-order valence-corrected chi connectivity index (χ1v) is 7.77. The topological polar surface area (TPSA) is 45.2 Å². The highest BCUT2D eigenvalue weighted by molar-refractivity contribution is 6.30. The molecule has 1 aromatic carbocycles. The van der Waals surface area contributed by atoms with Gasteiger partial charge in [-0.15, -0.1) is 0 Å². The number of hydrogen-bond donors (Lipinski definition) is 1. The van der Waals surface area contributed by atoms with Gasteiger partial charge in [0.25, 0.3) is 5.91 Å². The van der Waals surface area contributed by atoms with E-state index in [1.54, 1.807) is 30.5 Å². The Bertz CT molecular complexity index is 672. The van der Waals surface area contributed by atoms with Crippen LogP contribution in [0.3, 0.4) is 0 Å². The molecule has 0 radical (unpaired) electrons. The standard InChI is InChI=1S/C17H18ClN3O/c1-12-7-8-21(11-12)16-6-5-13(10-19-16)17(22)20-15-4-2-3-14(18)9-15/h2-6,9-10,12H,7-8,11H2,1H3,(H,20,22). The molecule has 1 N–H and O–H groups in total. The third-order valence-corrected chi connectivity index (χ3v) is 4.08. The van der Waals surface area contributed by atoms with Gasteiger partial charge in [-0.1, -0.05) is 24.6 Å². The number of anilines is 2. The lowest BCUT2D eigenvalue weighted by atomic mass is 10.2. The van der Waals surface area contributed by atoms with Crippen molar-refractivity contribution >= 4 is 29.0 Å². The molecule has 5 heteroatoms. The minimum absolute atomic E-state index is 0.184. The lowest BCUT2D eigenvalue weighted by Crippen LogP contribution is -2.20. The number of hydrogen-bond acceptors (Lipinski definition) is 3. The van der Waals surface area contributed by atoms with Crippen LogP contribution in [0.1, 0.15) is 23.7 Å². The second-order valence-electron chi connectivity index (χ2n) is 5.71. The number of halogens is 1. The summed E-state index contributed by atoms with van der Waals surface area (Å²) in [7, 11) is 0. The number of carbonyl (C=O) groups excluding carboxylic acids is 1. The summed E-state index contributed by atoms with van der Waals surface area (Å²) in [5.41, 5.74) is 1.21. The van der Waals surface area contributed by atoms with Gasteiger partial charge in [-0.2, -0.15) is 0 Å². The summed E-state index contributed by atoms with van der Waals surface area (Å²) in [5, 5.41) is 3.41. The zero-order chi connectivity index (χ0) is 15.5. The molecule has 1 unspecified atom stereocenters. The van der Waals surface area contributed by atoms with Gasteiger partial charge in [-0.05, 0) is 42.7 Å². The van der Waals surface area contributed by atoms with Crippen LogP contribution in [0.15, 0.2) is 42.6 Å². The van der Waals surface area contributed by atoms with Crippen molar-refractivity contribution in [2.24, 2.45) is 5.92 Å². The molecule has 4 nitrogen and oxygen atoms in total. The van der Waals surface area contributed by atoms with E-state index in [9.17, 15) is 4.79 Å². The van der Waals surface area contributed by atoms with Gasteiger partial charge in [0.2, 0.25) is 0 Å². The highest BCUT2D eigenvalue weighted by atomic mass is 35.5. The molecule has 1 aliphatic rings. The molecule has 114 valence electrons. The zero-order valence-electron chi connectivity index (χ0n) is 12.4. The normalized spacial score (nSPS) is 17.5. The summed E-state index contributed by atoms with van der Waals surface area (Å²) in [4.78, 5) is 18.9. The lowest BCUT2D eigenvalue weighted by Gasteiger charge is -2.16. The van der Waals surface area contributed by atoms with Crippen molar-refractivity contribution in [3.8, 4) is 0 Å². The van der Waals surface area contributed by atoms with E-state index in [4.69, 9.17) is 11.6 Å². The van der Waals surface area contributed by atoms with Crippen molar-refractivity contribution in [2.75, 3.05) is 23.3 Å². The smallest absolute Gasteiger partial charge is 0.257 e. The Morgan fingerprint density at radius 1 is 1.36 bits per heavy atom. The number of nitrogens with one attached hydrogen (secondary N) is 1. The van der Waals surface area contributed by atoms with E-state index in [1.165, 1.54) is 6.42 Å². The third kappa shape index (κ3) is 3.39. The first-order valence-electron chi connectivity index (χ1n) is 7.40. The van der Waals surface area contributed by atoms with Gasteiger partial charge in [0, 0.05) is 30.0 Å². The maximum absolute atomic E-state index is 12.2. The molecule has 1 fully saturated rings. The van der Waals surface area contributed by atoms with Crippen LogP contribution >= 0.6 is 11.6 Å². The molecule has 2 heterocycles. The molecular weight excluding hydrogens is 298 g/mol. The molecule has 0 spiro atoms. The number of aromatic nitrogens is 1. The predicted molar refractivity (Wildman–Crippen MR) is 89.6 cm³/mol. The minimum Gasteiger partial charge on any atom is -0.356 e. The second-order valence-corrected chi connectivity index (χ2v) is 6.15. The molecule has 0 saturated carbocycles. The van der Waals surface area contributed by atoms with Crippen molar-refractivity contribution in [3.63, 3.8) is 0 Å². The van der Waals surface area contributed by atoms with Crippen LogP contribution in [0.5, 0.6) is 0 Å². The highest BCUT2D eigenvalue weighted by Gasteiger charge is 2.19. The summed E-state index contributed by atoms with van der Waals surface area (Å²) in [6.45, 7) is 4.30. The van der Waals surface area contributed by atoms with Crippen LogP contribution in [0.2, 0.25) is 5.02 Å². The van der Waals surface area contributed by atoms with E-state index >= 15 is 0 Å². The highest BCUT2D eigenvalue weighted by Crippen LogP contribution is 2.22. The Hall–Kier alpha value is -2.07. The van der Waals surface area contributed by atoms with E-state index in [1.807, 2.05) is 12.1 Å². The molecule has 22 heavy (non-hydrogen) atoms. The fraction of sp³-hybridized carbons (Fsp3) is 0.294. The molecule has 2 aromatic rings. The van der Waals surface area contributed by atoms with Crippen LogP contribution < -0.4 is 10.2 Å². The number of amides is 1. The zero-order valence-corrected chi connectivity index (χ0v) is 13.2. The SMILES string of the molecule is CC1CCN(c2ccc(C(=O)Nc3cccc(Cl)c3)cn2)C1. The summed E-state index contributed by atoms with van der Waals surface area (Å²) in [6.07, 6.45) is 2.82. The molecule has 0 bridgehead atoms. The monoisotopic (exact) mass is 315 g/mol. The van der Waals surface area contributed by atoms with Gasteiger partial charge in [0.15, 0.2) is 0 Å². The molecule has 1 amide bonds. The van der Waals surface area contributed by atoms with Gasteiger partial charge < -0.3 is 10.2 Å². The summed E-state index contributed by atoms with van der Waals surface area (Å²) < 4.78 is 0. The van der Waals surface area contributed by atoms with Crippen LogP contribution in [0.4, 0.5) is 11.5 Å². The van der Waals surface area contributed by atoms with Gasteiger partial charge in [0.1, 0.15) is 5.82 Å². The second kappa shape index (κ2) is 6.36. The van der Waals surface area contributed by atoms with Crippen molar-refractivity contribution in [2.45, 2.75) is 13.3 Å². The van der Waals surface area contributed by atoms with E-state index < -0.39 is 0 Å². The number of rotatable bonds is 3. The Morgan fingerprint density at radius 3 is 2.86 bits per heavy atom. The maximum atomic E-state index is 12.2. The van der Waals surface area contributed by atoms with E-state index in [2.05, 4.69) is 22.1 Å². The number of pyridine rings is 1. The van der Waals surface area contributed by atoms with Crippen molar-refractivity contribution in [1.29, 1.82) is 0 Å². The molecule has 1 aliphatic heterocycles. The first kappa shape index (κ1) is 14.9. The molecular formula is C17H18ClN3O. The summed E-state index contributed by atoms with van der Waals surface area (Å²) in [6, 6.07) is 10.8. The summed E-state index contributed by atoms with van der Waals surface area (Å²) >= 11 is 5.91. The Balaban J connectivity index is 1.68. The maximum Gasteiger partial charge on any atom is 0.257 e. The summed E-state index contributed by atoms with van der Waals surface area (Å²) in [5.74, 6) is 1.45. The average molecular weight is 316 g/mol. The van der Waals surface area contributed by atoms with Crippen LogP contribution in [-0.2, 0) is 0 Å². The minimum atomic E-state index is -0.184. The fourth-order valence-electron chi connectivity index (χ4n) is 2.62. The molecule has 1 aromatic heterocycles. The van der Waals surface area contributed by atoms with Crippen LogP contribution in [0.25, 0.3) is 0 Å². The fourth-order valence-corrected chi connectivity index (χ4v) is 2.81. The van der Waals surface area contributed by atoms with Crippen molar-refractivity contribution in [1.82, 2.24) is 4.98 Å². The largest absolute Gasteiger partial charge is 0.356 e. The van der Waals surface area contributed by atoms with Crippen molar-refractivity contribution in [3.05, 3.63) is 53.2 Å². The number of benzene rings is 1. The van der Waals surface area contributed by atoms with Gasteiger partial charge in [-0.25, -0.2) is 4.98 Å². The lowest BCUT2D eigenvalue weighted by molar-refractivity contribution is 0.102. The first-order chi connectivity index (χ1) is 10.6. The molecule has 3 rings (SSSR count). The third-order valence-electron chi connectivity index (χ3n) is 3.84. The Kier molecular flexibility index (Phi) is 4.29. The van der Waals surface area contributed by atoms with E-state index in [-0.39, 0.29) is 5.91 Å². The molecule has 1 saturated heterocycles.